The number of nitrogens with zero attached hydrogens (tertiary/aromatic N) is 2. The van der Waals surface area contributed by atoms with E-state index in [9.17, 15) is 27.2 Å². The Kier molecular flexibility index (Phi) is 10.3. The van der Waals surface area contributed by atoms with Crippen LogP contribution in [0.15, 0.2) is 59.8 Å². The minimum absolute atomic E-state index is 0.00295. The van der Waals surface area contributed by atoms with Crippen LogP contribution in [0.1, 0.15) is 30.1 Å². The fourth-order valence-electron chi connectivity index (χ4n) is 4.51. The number of carbonyl (C=O) groups excluding carboxylic acids is 1. The lowest BCUT2D eigenvalue weighted by Gasteiger charge is -2.26. The number of thioether (sulfide) groups is 1. The summed E-state index contributed by atoms with van der Waals surface area (Å²) in [4.78, 5) is 13.6. The van der Waals surface area contributed by atoms with Crippen LogP contribution in [0.3, 0.4) is 0 Å². The first-order chi connectivity index (χ1) is 20.9. The first-order valence-corrected chi connectivity index (χ1v) is 16.9. The molecular weight excluding hydrogens is 685 g/mol. The van der Waals surface area contributed by atoms with Gasteiger partial charge in [0.25, 0.3) is 0 Å². The third kappa shape index (κ3) is 7.80. The molecule has 1 aliphatic carbocycles. The summed E-state index contributed by atoms with van der Waals surface area (Å²) in [5, 5.41) is 10.8. The van der Waals surface area contributed by atoms with E-state index in [4.69, 9.17) is 44.3 Å². The molecule has 1 saturated carbocycles. The van der Waals surface area contributed by atoms with E-state index in [0.717, 1.165) is 41.3 Å². The number of hydrogen-bond donors (Lipinski definition) is 0. The molecule has 0 N–H and O–H groups in total. The molecule has 0 amide bonds. The average molecular weight is 710 g/mol. The zero-order valence-corrected chi connectivity index (χ0v) is 26.6. The van der Waals surface area contributed by atoms with Crippen molar-refractivity contribution >= 4 is 62.6 Å². The predicted molar refractivity (Wildman–Crippen MR) is 161 cm³/mol. The summed E-state index contributed by atoms with van der Waals surface area (Å²) in [5.74, 6) is -0.456. The number of hydrogen-bond acceptors (Lipinski definition) is 8. The number of alkyl halides is 2. The summed E-state index contributed by atoms with van der Waals surface area (Å²) in [6.45, 7) is -2.78. The van der Waals surface area contributed by atoms with E-state index in [1.165, 1.54) is 42.5 Å². The van der Waals surface area contributed by atoms with E-state index in [2.05, 4.69) is 4.74 Å². The number of pyridine rings is 1. The van der Waals surface area contributed by atoms with Crippen molar-refractivity contribution in [3.05, 3.63) is 86.3 Å². The second kappa shape index (κ2) is 13.8. The number of halogens is 5. The largest absolute Gasteiger partial charge is 0.619 e. The maximum Gasteiger partial charge on any atom is 0.387 e. The lowest BCUT2D eigenvalue weighted by atomic mass is 10.0. The van der Waals surface area contributed by atoms with Crippen molar-refractivity contribution < 1.29 is 40.9 Å². The number of carbonyl (C=O) groups is 1. The Hall–Kier alpha value is -2.55. The Morgan fingerprint density at radius 2 is 1.82 bits per heavy atom. The zero-order chi connectivity index (χ0) is 31.6. The van der Waals surface area contributed by atoms with Crippen molar-refractivity contribution in [1.82, 2.24) is 4.31 Å². The van der Waals surface area contributed by atoms with Gasteiger partial charge >= 0.3 is 12.6 Å². The van der Waals surface area contributed by atoms with Crippen molar-refractivity contribution in [1.29, 1.82) is 0 Å². The highest BCUT2D eigenvalue weighted by molar-refractivity contribution is 8.02. The molecule has 0 radical (unpaired) electrons. The molecule has 1 unspecified atom stereocenters. The number of aromatic nitrogens is 1. The monoisotopic (exact) mass is 708 g/mol. The third-order valence-electron chi connectivity index (χ3n) is 6.89. The zero-order valence-electron chi connectivity index (χ0n) is 22.7. The SMILES string of the molecule is O=C(O[C@@H](Cc1c(Cl)c[n+]([O-])cc1Cl)c1ccc(OC(F)F)c(OCC2CC2)c1)C1SCCN1S(=O)(=O)c1cccc(Cl)c1. The van der Waals surface area contributed by atoms with E-state index in [0.29, 0.717) is 22.0 Å². The summed E-state index contributed by atoms with van der Waals surface area (Å²) in [5.41, 5.74) is 0.582. The molecule has 236 valence electrons. The van der Waals surface area contributed by atoms with Gasteiger partial charge in [0, 0.05) is 29.3 Å². The van der Waals surface area contributed by atoms with E-state index in [-0.39, 0.29) is 56.6 Å². The van der Waals surface area contributed by atoms with Crippen molar-refractivity contribution in [3.8, 4) is 11.5 Å². The van der Waals surface area contributed by atoms with Crippen LogP contribution in [0, 0.1) is 11.1 Å². The molecule has 9 nitrogen and oxygen atoms in total. The molecule has 2 aromatic carbocycles. The quantitative estimate of drug-likeness (QED) is 0.123. The number of ether oxygens (including phenoxy) is 3. The van der Waals surface area contributed by atoms with Gasteiger partial charge in [-0.15, -0.1) is 11.8 Å². The maximum atomic E-state index is 13.7. The molecule has 2 fully saturated rings. The summed E-state index contributed by atoms with van der Waals surface area (Å²) >= 11 is 19.7. The smallest absolute Gasteiger partial charge is 0.387 e. The van der Waals surface area contributed by atoms with Gasteiger partial charge in [-0.1, -0.05) is 46.9 Å². The number of benzene rings is 2. The van der Waals surface area contributed by atoms with Gasteiger partial charge in [0.2, 0.25) is 10.0 Å². The second-order valence-corrected chi connectivity index (χ2v) is 14.4. The van der Waals surface area contributed by atoms with Gasteiger partial charge in [0.05, 0.1) is 11.5 Å². The minimum Gasteiger partial charge on any atom is -0.619 e. The summed E-state index contributed by atoms with van der Waals surface area (Å²) in [6, 6.07) is 9.79. The molecule has 2 atom stereocenters. The lowest BCUT2D eigenvalue weighted by Crippen LogP contribution is -2.40. The average Bonchev–Trinajstić information content (AvgIpc) is 3.65. The third-order valence-corrected chi connectivity index (χ3v) is 10.9. The Morgan fingerprint density at radius 1 is 1.09 bits per heavy atom. The molecule has 1 saturated heterocycles. The van der Waals surface area contributed by atoms with E-state index >= 15 is 0 Å². The van der Waals surface area contributed by atoms with Gasteiger partial charge in [-0.05, 0) is 54.7 Å². The number of rotatable bonds is 12. The predicted octanol–water partition coefficient (Wildman–Crippen LogP) is 6.26. The van der Waals surface area contributed by atoms with Gasteiger partial charge in [-0.3, -0.25) is 0 Å². The van der Waals surface area contributed by atoms with Crippen molar-refractivity contribution in [2.75, 3.05) is 18.9 Å². The summed E-state index contributed by atoms with van der Waals surface area (Å²) in [6.07, 6.45) is 2.77. The molecule has 0 bridgehead atoms. The van der Waals surface area contributed by atoms with Crippen LogP contribution in [0.4, 0.5) is 8.78 Å². The van der Waals surface area contributed by atoms with Gasteiger partial charge in [0.15, 0.2) is 29.3 Å². The van der Waals surface area contributed by atoms with Crippen LogP contribution in [0.5, 0.6) is 11.5 Å². The number of esters is 1. The van der Waals surface area contributed by atoms with Crippen molar-refractivity contribution in [3.63, 3.8) is 0 Å². The molecule has 2 heterocycles. The summed E-state index contributed by atoms with van der Waals surface area (Å²) < 4.78 is 71.0. The van der Waals surface area contributed by atoms with Crippen LogP contribution in [-0.2, 0) is 26.0 Å². The standard InChI is InChI=1S/C28H25Cl3F2N2O7S2/c29-18-2-1-3-19(11-18)44(38,39)35-8-9-43-26(35)27(36)41-24(12-20-21(30)13-34(37)14-22(20)31)17-6-7-23(42-28(32)33)25(10-17)40-15-16-4-5-16/h1-3,6-7,10-11,13-14,16,24,26,28H,4-5,8-9,12,15H2/t24-,26?/m0/s1. The van der Waals surface area contributed by atoms with E-state index in [1.54, 1.807) is 0 Å². The Balaban J connectivity index is 1.48. The Labute approximate surface area is 271 Å². The van der Waals surface area contributed by atoms with Crippen LogP contribution in [0.25, 0.3) is 0 Å². The Bertz CT molecular complexity index is 1620. The van der Waals surface area contributed by atoms with Gasteiger partial charge < -0.3 is 19.4 Å². The first-order valence-electron chi connectivity index (χ1n) is 13.3. The first kappa shape index (κ1) is 32.8. The van der Waals surface area contributed by atoms with Crippen LogP contribution < -0.4 is 14.2 Å². The van der Waals surface area contributed by atoms with Gasteiger partial charge in [0.1, 0.15) is 16.1 Å². The van der Waals surface area contributed by atoms with Crippen LogP contribution >= 0.6 is 46.6 Å². The highest BCUT2D eigenvalue weighted by Crippen LogP contribution is 2.39. The lowest BCUT2D eigenvalue weighted by molar-refractivity contribution is -0.605. The molecule has 44 heavy (non-hydrogen) atoms. The van der Waals surface area contributed by atoms with Gasteiger partial charge in [-0.2, -0.15) is 17.8 Å². The molecule has 0 spiro atoms. The molecular formula is C28H25Cl3F2N2O7S2. The summed E-state index contributed by atoms with van der Waals surface area (Å²) in [7, 11) is -4.13. The second-order valence-electron chi connectivity index (χ2n) is 10.1. The van der Waals surface area contributed by atoms with Crippen LogP contribution in [0.2, 0.25) is 15.1 Å². The van der Waals surface area contributed by atoms with Crippen molar-refractivity contribution in [2.45, 2.75) is 42.2 Å². The molecule has 1 aromatic heterocycles. The van der Waals surface area contributed by atoms with E-state index < -0.39 is 34.1 Å². The van der Waals surface area contributed by atoms with E-state index in [1.807, 2.05) is 0 Å². The normalized spacial score (nSPS) is 17.9. The molecule has 16 heteroatoms. The highest BCUT2D eigenvalue weighted by Gasteiger charge is 2.42. The molecule has 3 aromatic rings. The molecule has 5 rings (SSSR count). The fraction of sp³-hybridized carbons (Fsp3) is 0.357. The van der Waals surface area contributed by atoms with Gasteiger partial charge in [-0.25, -0.2) is 13.2 Å². The highest BCUT2D eigenvalue weighted by atomic mass is 35.5. The fourth-order valence-corrected chi connectivity index (χ4v) is 8.46. The van der Waals surface area contributed by atoms with Crippen molar-refractivity contribution in [2.24, 2.45) is 5.92 Å². The Morgan fingerprint density at radius 3 is 2.48 bits per heavy atom. The topological polar surface area (TPSA) is 109 Å². The minimum atomic E-state index is -4.13. The molecule has 1 aliphatic heterocycles. The molecule has 2 aliphatic rings. The maximum absolute atomic E-state index is 13.7. The number of sulfonamides is 1. The van der Waals surface area contributed by atoms with Crippen LogP contribution in [-0.4, -0.2) is 49.6 Å².